The fourth-order valence-electron chi connectivity index (χ4n) is 2.49. The van der Waals surface area contributed by atoms with Gasteiger partial charge in [0.05, 0.1) is 10.6 Å². The Bertz CT molecular complexity index is 921. The quantitative estimate of drug-likeness (QED) is 0.549. The van der Waals surface area contributed by atoms with Gasteiger partial charge in [0.2, 0.25) is 0 Å². The molecule has 0 saturated carbocycles. The Hall–Kier alpha value is -2.77. The number of nitrogens with zero attached hydrogens (tertiary/aromatic N) is 3. The van der Waals surface area contributed by atoms with Gasteiger partial charge in [-0.1, -0.05) is 24.3 Å². The summed E-state index contributed by atoms with van der Waals surface area (Å²) in [6.45, 7) is 0.655. The van der Waals surface area contributed by atoms with Crippen molar-refractivity contribution in [2.24, 2.45) is 0 Å². The highest BCUT2D eigenvalue weighted by molar-refractivity contribution is 7.13. The van der Waals surface area contributed by atoms with E-state index in [1.54, 1.807) is 18.2 Å². The molecular weight excluding hydrogens is 338 g/mol. The molecule has 0 aliphatic carbocycles. The van der Waals surface area contributed by atoms with Crippen LogP contribution in [0.4, 0.5) is 5.69 Å². The molecule has 0 bridgehead atoms. The molecule has 0 spiro atoms. The number of nitro groups is 1. The molecule has 1 heterocycles. The van der Waals surface area contributed by atoms with Crippen molar-refractivity contribution < 1.29 is 10.0 Å². The van der Waals surface area contributed by atoms with Crippen LogP contribution < -0.4 is 0 Å². The lowest BCUT2D eigenvalue weighted by atomic mass is 10.1. The molecule has 3 rings (SSSR count). The van der Waals surface area contributed by atoms with Gasteiger partial charge in [0, 0.05) is 40.7 Å². The van der Waals surface area contributed by atoms with Crippen molar-refractivity contribution in [3.8, 4) is 27.6 Å². The normalized spacial score (nSPS) is 11.0. The number of phenolic OH excluding ortho intramolecular Hbond substituents is 1. The van der Waals surface area contributed by atoms with Crippen LogP contribution in [0.5, 0.6) is 5.75 Å². The largest absolute Gasteiger partial charge is 0.508 e. The summed E-state index contributed by atoms with van der Waals surface area (Å²) in [5.41, 5.74) is 3.15. The molecule has 0 radical (unpaired) electrons. The molecule has 128 valence electrons. The first-order valence-corrected chi connectivity index (χ1v) is 8.49. The van der Waals surface area contributed by atoms with Gasteiger partial charge in [0.1, 0.15) is 10.8 Å². The van der Waals surface area contributed by atoms with Gasteiger partial charge in [0.15, 0.2) is 0 Å². The summed E-state index contributed by atoms with van der Waals surface area (Å²) in [4.78, 5) is 17.0. The first kappa shape index (κ1) is 17.1. The minimum absolute atomic E-state index is 0.0416. The molecule has 0 amide bonds. The van der Waals surface area contributed by atoms with Crippen LogP contribution in [0, 0.1) is 10.1 Å². The van der Waals surface area contributed by atoms with Gasteiger partial charge in [-0.15, -0.1) is 11.3 Å². The molecule has 0 fully saturated rings. The Morgan fingerprint density at radius 3 is 2.68 bits per heavy atom. The van der Waals surface area contributed by atoms with Crippen molar-refractivity contribution in [2.75, 3.05) is 14.1 Å². The zero-order valence-corrected chi connectivity index (χ0v) is 14.7. The third kappa shape index (κ3) is 3.84. The molecule has 0 aliphatic rings. The van der Waals surface area contributed by atoms with E-state index >= 15 is 0 Å². The third-order valence-corrected chi connectivity index (χ3v) is 4.57. The number of hydrogen-bond acceptors (Lipinski definition) is 6. The SMILES string of the molecule is CN(C)Cc1ccc(-c2csc(-c3cccc([N+](=O)[O-])c3)n2)cc1O. The van der Waals surface area contributed by atoms with Crippen molar-refractivity contribution in [1.82, 2.24) is 9.88 Å². The molecule has 2 aromatic carbocycles. The molecule has 7 heteroatoms. The number of benzene rings is 2. The second-order valence-corrected chi connectivity index (χ2v) is 6.78. The van der Waals surface area contributed by atoms with Crippen LogP contribution in [0.15, 0.2) is 47.8 Å². The maximum absolute atomic E-state index is 10.9. The summed E-state index contributed by atoms with van der Waals surface area (Å²) in [5, 5.41) is 23.7. The topological polar surface area (TPSA) is 79.5 Å². The van der Waals surface area contributed by atoms with Crippen LogP contribution in [0.2, 0.25) is 0 Å². The maximum Gasteiger partial charge on any atom is 0.270 e. The van der Waals surface area contributed by atoms with E-state index in [1.807, 2.05) is 36.5 Å². The van der Waals surface area contributed by atoms with E-state index in [2.05, 4.69) is 4.98 Å². The average Bonchev–Trinajstić information content (AvgIpc) is 3.06. The van der Waals surface area contributed by atoms with E-state index in [0.717, 1.165) is 16.8 Å². The molecule has 1 N–H and O–H groups in total. The summed E-state index contributed by atoms with van der Waals surface area (Å²) in [6.07, 6.45) is 0. The molecule has 0 aliphatic heterocycles. The second kappa shape index (κ2) is 7.00. The number of aromatic nitrogens is 1. The Morgan fingerprint density at radius 1 is 1.20 bits per heavy atom. The summed E-state index contributed by atoms with van der Waals surface area (Å²) in [6, 6.07) is 11.9. The molecule has 0 atom stereocenters. The maximum atomic E-state index is 10.9. The minimum atomic E-state index is -0.417. The number of phenols is 1. The lowest BCUT2D eigenvalue weighted by Crippen LogP contribution is -2.10. The molecule has 0 unspecified atom stereocenters. The molecule has 1 aromatic heterocycles. The fourth-order valence-corrected chi connectivity index (χ4v) is 3.32. The first-order chi connectivity index (χ1) is 11.9. The number of rotatable bonds is 5. The Morgan fingerprint density at radius 2 is 2.00 bits per heavy atom. The van der Waals surface area contributed by atoms with Gasteiger partial charge >= 0.3 is 0 Å². The van der Waals surface area contributed by atoms with Crippen LogP contribution >= 0.6 is 11.3 Å². The van der Waals surface area contributed by atoms with Crippen molar-refractivity contribution in [3.63, 3.8) is 0 Å². The Balaban J connectivity index is 1.90. The Labute approximate surface area is 149 Å². The predicted molar refractivity (Wildman–Crippen MR) is 98.7 cm³/mol. The minimum Gasteiger partial charge on any atom is -0.508 e. The summed E-state index contributed by atoms with van der Waals surface area (Å²) in [7, 11) is 3.89. The van der Waals surface area contributed by atoms with Gasteiger partial charge < -0.3 is 10.0 Å². The standard InChI is InChI=1S/C18H17N3O3S/c1-20(2)10-14-7-6-12(9-17(14)22)16-11-25-18(19-16)13-4-3-5-15(8-13)21(23)24/h3-9,11,22H,10H2,1-2H3. The van der Waals surface area contributed by atoms with Crippen LogP contribution in [0.25, 0.3) is 21.8 Å². The zero-order chi connectivity index (χ0) is 18.0. The molecule has 25 heavy (non-hydrogen) atoms. The number of aromatic hydroxyl groups is 1. The van der Waals surface area contributed by atoms with E-state index in [9.17, 15) is 15.2 Å². The fraction of sp³-hybridized carbons (Fsp3) is 0.167. The van der Waals surface area contributed by atoms with Gasteiger partial charge in [0.25, 0.3) is 5.69 Å². The van der Waals surface area contributed by atoms with Crippen LogP contribution in [0.1, 0.15) is 5.56 Å². The van der Waals surface area contributed by atoms with Crippen LogP contribution in [0.3, 0.4) is 0 Å². The highest BCUT2D eigenvalue weighted by Gasteiger charge is 2.12. The smallest absolute Gasteiger partial charge is 0.270 e. The lowest BCUT2D eigenvalue weighted by molar-refractivity contribution is -0.384. The zero-order valence-electron chi connectivity index (χ0n) is 13.8. The molecule has 3 aromatic rings. The Kier molecular flexibility index (Phi) is 4.78. The predicted octanol–water partition coefficient (Wildman–Crippen LogP) is 4.15. The van der Waals surface area contributed by atoms with E-state index in [1.165, 1.54) is 23.5 Å². The third-order valence-electron chi connectivity index (χ3n) is 3.68. The number of nitro benzene ring substituents is 1. The number of hydrogen-bond donors (Lipinski definition) is 1. The van der Waals surface area contributed by atoms with Gasteiger partial charge in [-0.3, -0.25) is 10.1 Å². The summed E-state index contributed by atoms with van der Waals surface area (Å²) < 4.78 is 0. The number of non-ortho nitro benzene ring substituents is 1. The van der Waals surface area contributed by atoms with Crippen molar-refractivity contribution in [1.29, 1.82) is 0 Å². The van der Waals surface area contributed by atoms with Gasteiger partial charge in [-0.05, 0) is 20.2 Å². The molecular formula is C18H17N3O3S. The lowest BCUT2D eigenvalue weighted by Gasteiger charge is -2.11. The van der Waals surface area contributed by atoms with E-state index in [4.69, 9.17) is 0 Å². The molecule has 6 nitrogen and oxygen atoms in total. The highest BCUT2D eigenvalue weighted by Crippen LogP contribution is 2.32. The van der Waals surface area contributed by atoms with Crippen molar-refractivity contribution in [2.45, 2.75) is 6.54 Å². The monoisotopic (exact) mass is 355 g/mol. The first-order valence-electron chi connectivity index (χ1n) is 7.61. The van der Waals surface area contributed by atoms with E-state index < -0.39 is 4.92 Å². The number of thiazole rings is 1. The van der Waals surface area contributed by atoms with Gasteiger partial charge in [-0.2, -0.15) is 0 Å². The second-order valence-electron chi connectivity index (χ2n) is 5.93. The highest BCUT2D eigenvalue weighted by atomic mass is 32.1. The van der Waals surface area contributed by atoms with Crippen LogP contribution in [-0.2, 0) is 6.54 Å². The van der Waals surface area contributed by atoms with E-state index in [-0.39, 0.29) is 11.4 Å². The van der Waals surface area contributed by atoms with Crippen LogP contribution in [-0.4, -0.2) is 34.0 Å². The van der Waals surface area contributed by atoms with Crippen molar-refractivity contribution >= 4 is 17.0 Å². The molecule has 0 saturated heterocycles. The van der Waals surface area contributed by atoms with E-state index in [0.29, 0.717) is 17.1 Å². The summed E-state index contributed by atoms with van der Waals surface area (Å²) >= 11 is 1.42. The average molecular weight is 355 g/mol. The summed E-state index contributed by atoms with van der Waals surface area (Å²) in [5.74, 6) is 0.232. The van der Waals surface area contributed by atoms with Gasteiger partial charge in [-0.25, -0.2) is 4.98 Å². The van der Waals surface area contributed by atoms with Crippen molar-refractivity contribution in [3.05, 3.63) is 63.5 Å².